The molecule has 0 spiro atoms. The van der Waals surface area contributed by atoms with E-state index >= 15 is 0 Å². The molecule has 0 saturated carbocycles. The van der Waals surface area contributed by atoms with Crippen LogP contribution in [0.4, 0.5) is 0 Å². The number of aromatic nitrogens is 2. The van der Waals surface area contributed by atoms with Crippen molar-refractivity contribution in [2.24, 2.45) is 0 Å². The molecule has 2 aromatic rings. The molecule has 1 aliphatic rings. The molecule has 0 radical (unpaired) electrons. The van der Waals surface area contributed by atoms with Crippen LogP contribution < -0.4 is 0 Å². The highest BCUT2D eigenvalue weighted by Gasteiger charge is 2.29. The van der Waals surface area contributed by atoms with Gasteiger partial charge < -0.3 is 4.52 Å². The maximum absolute atomic E-state index is 12.5. The fraction of sp³-hybridized carbons (Fsp3) is 0.538. The molecular formula is C13H18N4O3S2. The predicted molar refractivity (Wildman–Crippen MR) is 83.4 cm³/mol. The molecule has 0 amide bonds. The summed E-state index contributed by atoms with van der Waals surface area (Å²) in [6.45, 7) is 1.24. The minimum Gasteiger partial charge on any atom is -0.337 e. The Morgan fingerprint density at radius 3 is 2.82 bits per heavy atom. The van der Waals surface area contributed by atoms with Gasteiger partial charge in [-0.2, -0.15) is 22.0 Å². The van der Waals surface area contributed by atoms with E-state index in [1.807, 2.05) is 17.5 Å². The van der Waals surface area contributed by atoms with Gasteiger partial charge >= 0.3 is 0 Å². The van der Waals surface area contributed by atoms with Crippen molar-refractivity contribution in [2.45, 2.75) is 25.8 Å². The van der Waals surface area contributed by atoms with Crippen LogP contribution in [0.5, 0.6) is 0 Å². The average molecular weight is 342 g/mol. The number of hydrogen-bond donors (Lipinski definition) is 0. The lowest BCUT2D eigenvalue weighted by Crippen LogP contribution is -2.44. The van der Waals surface area contributed by atoms with Gasteiger partial charge in [-0.3, -0.25) is 0 Å². The van der Waals surface area contributed by atoms with E-state index < -0.39 is 10.2 Å². The van der Waals surface area contributed by atoms with Crippen molar-refractivity contribution < 1.29 is 12.9 Å². The van der Waals surface area contributed by atoms with Gasteiger partial charge in [-0.1, -0.05) is 17.6 Å². The summed E-state index contributed by atoms with van der Waals surface area (Å²) < 4.78 is 32.9. The topological polar surface area (TPSA) is 79.5 Å². The van der Waals surface area contributed by atoms with E-state index in [9.17, 15) is 8.42 Å². The van der Waals surface area contributed by atoms with Gasteiger partial charge in [-0.15, -0.1) is 11.3 Å². The van der Waals surface area contributed by atoms with Crippen LogP contribution in [0, 0.1) is 0 Å². The highest BCUT2D eigenvalue weighted by atomic mass is 32.2. The molecule has 0 N–H and O–H groups in total. The normalized spacial score (nSPS) is 17.2. The summed E-state index contributed by atoms with van der Waals surface area (Å²) in [6, 6.07) is 3.80. The molecule has 1 aliphatic heterocycles. The molecule has 0 unspecified atom stereocenters. The minimum absolute atomic E-state index is 0.0806. The van der Waals surface area contributed by atoms with Gasteiger partial charge in [0.15, 0.2) is 0 Å². The van der Waals surface area contributed by atoms with Crippen LogP contribution in [0.3, 0.4) is 0 Å². The Morgan fingerprint density at radius 2 is 2.14 bits per heavy atom. The number of piperidine rings is 1. The highest BCUT2D eigenvalue weighted by Crippen LogP contribution is 2.22. The lowest BCUT2D eigenvalue weighted by Gasteiger charge is -2.29. The second-order valence-corrected chi connectivity index (χ2v) is 8.20. The molecule has 0 aromatic carbocycles. The van der Waals surface area contributed by atoms with Crippen LogP contribution in [0.15, 0.2) is 22.0 Å². The number of thiophene rings is 1. The summed E-state index contributed by atoms with van der Waals surface area (Å²) in [4.78, 5) is 5.16. The molecule has 3 rings (SSSR count). The summed E-state index contributed by atoms with van der Waals surface area (Å²) in [6.07, 6.45) is 2.91. The Morgan fingerprint density at radius 1 is 1.36 bits per heavy atom. The molecule has 0 bridgehead atoms. The fourth-order valence-electron chi connectivity index (χ4n) is 2.39. The zero-order valence-corrected chi connectivity index (χ0v) is 13.9. The van der Waals surface area contributed by atoms with Crippen molar-refractivity contribution in [3.05, 3.63) is 23.4 Å². The van der Waals surface area contributed by atoms with Gasteiger partial charge in [0.05, 0.1) is 11.4 Å². The van der Waals surface area contributed by atoms with Crippen molar-refractivity contribution in [2.75, 3.05) is 20.1 Å². The van der Waals surface area contributed by atoms with Gasteiger partial charge in [-0.25, -0.2) is 0 Å². The lowest BCUT2D eigenvalue weighted by molar-refractivity contribution is 0.294. The maximum Gasteiger partial charge on any atom is 0.282 e. The van der Waals surface area contributed by atoms with Gasteiger partial charge in [-0.05, 0) is 24.3 Å². The molecule has 1 saturated heterocycles. The smallest absolute Gasteiger partial charge is 0.282 e. The standard InChI is InChI=1S/C13H18N4O3S2/c1-16(22(18,19)17-7-3-2-4-8-17)10-12-14-13(15-20-12)11-6-5-9-21-11/h5-6,9H,2-4,7-8,10H2,1H3. The first-order valence-electron chi connectivity index (χ1n) is 7.15. The van der Waals surface area contributed by atoms with Gasteiger partial charge in [0.25, 0.3) is 10.2 Å². The third-order valence-electron chi connectivity index (χ3n) is 3.60. The van der Waals surface area contributed by atoms with Crippen LogP contribution in [-0.2, 0) is 16.8 Å². The molecule has 2 aromatic heterocycles. The van der Waals surface area contributed by atoms with Crippen molar-refractivity contribution >= 4 is 21.5 Å². The Labute approximate surface area is 133 Å². The second kappa shape index (κ2) is 6.45. The van der Waals surface area contributed by atoms with Crippen molar-refractivity contribution in [1.82, 2.24) is 18.8 Å². The number of nitrogens with zero attached hydrogens (tertiary/aromatic N) is 4. The zero-order chi connectivity index (χ0) is 15.6. The summed E-state index contributed by atoms with van der Waals surface area (Å²) in [5, 5.41) is 5.82. The van der Waals surface area contributed by atoms with E-state index in [0.717, 1.165) is 24.1 Å². The Bertz CT molecular complexity index is 705. The third kappa shape index (κ3) is 3.22. The van der Waals surface area contributed by atoms with Gasteiger partial charge in [0.2, 0.25) is 11.7 Å². The summed E-state index contributed by atoms with van der Waals surface area (Å²) in [7, 11) is -1.92. The monoisotopic (exact) mass is 342 g/mol. The predicted octanol–water partition coefficient (Wildman–Crippen LogP) is 1.96. The first kappa shape index (κ1) is 15.6. The molecule has 9 heteroatoms. The summed E-state index contributed by atoms with van der Waals surface area (Å²) in [5.41, 5.74) is 0. The summed E-state index contributed by atoms with van der Waals surface area (Å²) in [5.74, 6) is 0.792. The van der Waals surface area contributed by atoms with Gasteiger partial charge in [0.1, 0.15) is 0 Å². The SMILES string of the molecule is CN(Cc1nc(-c2cccs2)no1)S(=O)(=O)N1CCCCC1. The van der Waals surface area contributed by atoms with Gasteiger partial charge in [0, 0.05) is 20.1 Å². The largest absolute Gasteiger partial charge is 0.337 e. The van der Waals surface area contributed by atoms with E-state index in [0.29, 0.717) is 24.8 Å². The van der Waals surface area contributed by atoms with Crippen molar-refractivity contribution in [3.63, 3.8) is 0 Å². The average Bonchev–Trinajstić information content (AvgIpc) is 3.18. The third-order valence-corrected chi connectivity index (χ3v) is 6.40. The molecule has 0 aliphatic carbocycles. The van der Waals surface area contributed by atoms with Crippen LogP contribution in [-0.4, -0.2) is 47.3 Å². The molecular weight excluding hydrogens is 324 g/mol. The molecule has 1 fully saturated rings. The van der Waals surface area contributed by atoms with E-state index in [2.05, 4.69) is 10.1 Å². The fourth-order valence-corrected chi connectivity index (χ4v) is 4.43. The zero-order valence-electron chi connectivity index (χ0n) is 12.3. The number of rotatable bonds is 5. The second-order valence-electron chi connectivity index (χ2n) is 5.21. The Hall–Kier alpha value is -1.29. The summed E-state index contributed by atoms with van der Waals surface area (Å²) >= 11 is 1.51. The van der Waals surface area contributed by atoms with Crippen molar-refractivity contribution in [3.8, 4) is 10.7 Å². The lowest BCUT2D eigenvalue weighted by atomic mass is 10.2. The van der Waals surface area contributed by atoms with Crippen molar-refractivity contribution in [1.29, 1.82) is 0 Å². The first-order valence-corrected chi connectivity index (χ1v) is 9.43. The van der Waals surface area contributed by atoms with E-state index in [1.165, 1.54) is 19.9 Å². The maximum atomic E-state index is 12.5. The van der Waals surface area contributed by atoms with E-state index in [1.54, 1.807) is 7.05 Å². The molecule has 0 atom stereocenters. The van der Waals surface area contributed by atoms with Crippen LogP contribution >= 0.6 is 11.3 Å². The number of hydrogen-bond acceptors (Lipinski definition) is 6. The Kier molecular flexibility index (Phi) is 4.57. The highest BCUT2D eigenvalue weighted by molar-refractivity contribution is 7.86. The molecule has 22 heavy (non-hydrogen) atoms. The van der Waals surface area contributed by atoms with E-state index in [4.69, 9.17) is 4.52 Å². The van der Waals surface area contributed by atoms with E-state index in [-0.39, 0.29) is 6.54 Å². The minimum atomic E-state index is -3.46. The first-order chi connectivity index (χ1) is 10.6. The quantitative estimate of drug-likeness (QED) is 0.830. The molecule has 120 valence electrons. The van der Waals surface area contributed by atoms with Crippen LogP contribution in [0.1, 0.15) is 25.2 Å². The van der Waals surface area contributed by atoms with Crippen LogP contribution in [0.2, 0.25) is 0 Å². The Balaban J connectivity index is 1.69. The van der Waals surface area contributed by atoms with Crippen LogP contribution in [0.25, 0.3) is 10.7 Å². The molecule has 7 nitrogen and oxygen atoms in total. The molecule has 3 heterocycles.